The average Bonchev–Trinajstić information content (AvgIpc) is 3.33. The summed E-state index contributed by atoms with van der Waals surface area (Å²) in [5.74, 6) is 1.25. The molecule has 2 N–H and O–H groups in total. The molecule has 1 aliphatic heterocycles. The first-order valence-electron chi connectivity index (χ1n) is 12.5. The molecule has 0 amide bonds. The maximum absolute atomic E-state index is 13.0. The van der Waals surface area contributed by atoms with E-state index in [2.05, 4.69) is 10.1 Å². The van der Waals surface area contributed by atoms with E-state index in [0.29, 0.717) is 46.6 Å². The Morgan fingerprint density at radius 3 is 2.50 bits per heavy atom. The third kappa shape index (κ3) is 6.86. The van der Waals surface area contributed by atoms with Gasteiger partial charge in [0, 0.05) is 58.5 Å². The van der Waals surface area contributed by atoms with Gasteiger partial charge in [-0.3, -0.25) is 0 Å². The smallest absolute Gasteiger partial charge is 0.497 e. The molecule has 214 valence electrons. The molecule has 0 saturated carbocycles. The third-order valence-electron chi connectivity index (χ3n) is 6.38. The first kappa shape index (κ1) is 29.2. The summed E-state index contributed by atoms with van der Waals surface area (Å²) in [6, 6.07) is 14.4. The number of alkyl halides is 3. The number of ether oxygens (including phenoxy) is 4. The Labute approximate surface area is 235 Å². The number of nitrogens with zero attached hydrogens (tertiary/aromatic N) is 1. The van der Waals surface area contributed by atoms with E-state index in [9.17, 15) is 18.3 Å². The van der Waals surface area contributed by atoms with Crippen molar-refractivity contribution in [1.82, 2.24) is 0 Å². The number of anilines is 2. The van der Waals surface area contributed by atoms with Crippen LogP contribution in [0.5, 0.6) is 23.0 Å². The SMILES string of the molecule is C/C=C(\C(Nc1cc(OC)cc(OCCO)c1)c1ccc(Cl)cc1OC)N1CCc2ccc(OC(F)(F)F)cc21. The number of nitrogens with one attached hydrogen (secondary N) is 1. The lowest BCUT2D eigenvalue weighted by Gasteiger charge is -2.32. The Balaban J connectivity index is 1.79. The third-order valence-corrected chi connectivity index (χ3v) is 6.62. The molecule has 1 unspecified atom stereocenters. The molecule has 7 nitrogen and oxygen atoms in total. The van der Waals surface area contributed by atoms with Crippen LogP contribution in [0.25, 0.3) is 0 Å². The number of hydrogen-bond donors (Lipinski definition) is 2. The molecule has 1 aliphatic rings. The molecule has 0 spiro atoms. The van der Waals surface area contributed by atoms with Crippen molar-refractivity contribution in [1.29, 1.82) is 0 Å². The van der Waals surface area contributed by atoms with E-state index in [-0.39, 0.29) is 19.0 Å². The van der Waals surface area contributed by atoms with Crippen LogP contribution in [0.3, 0.4) is 0 Å². The zero-order valence-corrected chi connectivity index (χ0v) is 23.0. The van der Waals surface area contributed by atoms with Gasteiger partial charge in [-0.1, -0.05) is 29.8 Å². The monoisotopic (exact) mass is 578 g/mol. The second-order valence-corrected chi connectivity index (χ2v) is 9.32. The van der Waals surface area contributed by atoms with Gasteiger partial charge in [0.15, 0.2) is 0 Å². The Kier molecular flexibility index (Phi) is 9.21. The van der Waals surface area contributed by atoms with E-state index < -0.39 is 12.4 Å². The number of benzene rings is 3. The van der Waals surface area contributed by atoms with Gasteiger partial charge in [-0.15, -0.1) is 13.2 Å². The lowest BCUT2D eigenvalue weighted by molar-refractivity contribution is -0.274. The summed E-state index contributed by atoms with van der Waals surface area (Å²) in [6.07, 6.45) is -2.26. The quantitative estimate of drug-likeness (QED) is 0.261. The van der Waals surface area contributed by atoms with Crippen molar-refractivity contribution >= 4 is 23.0 Å². The fourth-order valence-corrected chi connectivity index (χ4v) is 4.89. The molecule has 40 heavy (non-hydrogen) atoms. The molecule has 3 aromatic rings. The normalized spacial score (nSPS) is 14.0. The Morgan fingerprint density at radius 2 is 1.82 bits per heavy atom. The molecular formula is C29H30ClF3N2O5. The lowest BCUT2D eigenvalue weighted by atomic mass is 10.00. The molecular weight excluding hydrogens is 549 g/mol. The largest absolute Gasteiger partial charge is 0.573 e. The van der Waals surface area contributed by atoms with Crippen LogP contribution in [0.4, 0.5) is 24.5 Å². The molecule has 1 atom stereocenters. The molecule has 0 aliphatic carbocycles. The first-order valence-corrected chi connectivity index (χ1v) is 12.9. The van der Waals surface area contributed by atoms with Gasteiger partial charge in [-0.05, 0) is 37.1 Å². The molecule has 0 aromatic heterocycles. The molecule has 0 saturated heterocycles. The van der Waals surface area contributed by atoms with Crippen molar-refractivity contribution in [2.45, 2.75) is 25.7 Å². The Bertz CT molecular complexity index is 1370. The first-order chi connectivity index (χ1) is 19.1. The summed E-state index contributed by atoms with van der Waals surface area (Å²) in [5.41, 5.74) is 3.67. The van der Waals surface area contributed by atoms with Crippen LogP contribution < -0.4 is 29.2 Å². The van der Waals surface area contributed by atoms with Crippen LogP contribution in [0.15, 0.2) is 66.4 Å². The number of allylic oxidation sites excluding steroid dienone is 1. The molecule has 3 aromatic carbocycles. The molecule has 4 rings (SSSR count). The van der Waals surface area contributed by atoms with Crippen molar-refractivity contribution in [2.75, 3.05) is 44.2 Å². The minimum Gasteiger partial charge on any atom is -0.497 e. The second-order valence-electron chi connectivity index (χ2n) is 8.89. The minimum absolute atomic E-state index is 0.105. The van der Waals surface area contributed by atoms with Gasteiger partial charge in [-0.2, -0.15) is 0 Å². The van der Waals surface area contributed by atoms with Crippen LogP contribution in [0.2, 0.25) is 5.02 Å². The Hall–Kier alpha value is -3.76. The van der Waals surface area contributed by atoms with Gasteiger partial charge >= 0.3 is 6.36 Å². The molecule has 0 fully saturated rings. The fraction of sp³-hybridized carbons (Fsp3) is 0.310. The van der Waals surface area contributed by atoms with Gasteiger partial charge in [0.25, 0.3) is 0 Å². The summed E-state index contributed by atoms with van der Waals surface area (Å²) < 4.78 is 59.9. The number of fused-ring (bicyclic) bond motifs is 1. The number of rotatable bonds is 11. The van der Waals surface area contributed by atoms with Gasteiger partial charge in [0.2, 0.25) is 0 Å². The fourth-order valence-electron chi connectivity index (χ4n) is 4.72. The van der Waals surface area contributed by atoms with Crippen LogP contribution >= 0.6 is 11.6 Å². The van der Waals surface area contributed by atoms with Crippen LogP contribution in [0.1, 0.15) is 24.1 Å². The average molecular weight is 579 g/mol. The number of hydrogen-bond acceptors (Lipinski definition) is 7. The topological polar surface area (TPSA) is 72.4 Å². The van der Waals surface area contributed by atoms with E-state index in [4.69, 9.17) is 25.8 Å². The maximum atomic E-state index is 13.0. The van der Waals surface area contributed by atoms with Crippen molar-refractivity contribution < 1.29 is 37.2 Å². The summed E-state index contributed by atoms with van der Waals surface area (Å²) in [5, 5.41) is 13.2. The minimum atomic E-state index is -4.80. The summed E-state index contributed by atoms with van der Waals surface area (Å²) in [7, 11) is 3.08. The summed E-state index contributed by atoms with van der Waals surface area (Å²) >= 11 is 6.26. The van der Waals surface area contributed by atoms with Gasteiger partial charge in [-0.25, -0.2) is 0 Å². The van der Waals surface area contributed by atoms with Gasteiger partial charge in [0.1, 0.15) is 29.6 Å². The predicted molar refractivity (Wildman–Crippen MR) is 148 cm³/mol. The number of halogens is 4. The van der Waals surface area contributed by atoms with Crippen molar-refractivity contribution in [3.8, 4) is 23.0 Å². The van der Waals surface area contributed by atoms with E-state index >= 15 is 0 Å². The number of aliphatic hydroxyl groups excluding tert-OH is 1. The van der Waals surface area contributed by atoms with Crippen LogP contribution in [-0.2, 0) is 6.42 Å². The standard InChI is InChI=1S/C29H30ClF3N2O5/c1-4-25(35-10-9-18-5-7-21(17-26(18)35)40-29(31,32)33)28(24-8-6-19(30)13-27(24)38-3)34-20-14-22(37-2)16-23(15-20)39-12-11-36/h4-8,13-17,28,34,36H,9-12H2,1-3H3/b25-4+. The summed E-state index contributed by atoms with van der Waals surface area (Å²) in [6.45, 7) is 2.36. The molecule has 11 heteroatoms. The molecule has 1 heterocycles. The number of aliphatic hydroxyl groups is 1. The van der Waals surface area contributed by atoms with Crippen molar-refractivity contribution in [2.24, 2.45) is 0 Å². The van der Waals surface area contributed by atoms with E-state index in [1.807, 2.05) is 24.0 Å². The zero-order chi connectivity index (χ0) is 28.9. The van der Waals surface area contributed by atoms with E-state index in [1.165, 1.54) is 19.2 Å². The molecule has 0 bridgehead atoms. The van der Waals surface area contributed by atoms with Crippen molar-refractivity contribution in [3.63, 3.8) is 0 Å². The maximum Gasteiger partial charge on any atom is 0.573 e. The van der Waals surface area contributed by atoms with E-state index in [1.54, 1.807) is 43.5 Å². The highest BCUT2D eigenvalue weighted by atomic mass is 35.5. The lowest BCUT2D eigenvalue weighted by Crippen LogP contribution is -2.28. The van der Waals surface area contributed by atoms with Gasteiger partial charge in [0.05, 0.1) is 26.9 Å². The van der Waals surface area contributed by atoms with E-state index in [0.717, 1.165) is 16.8 Å². The summed E-state index contributed by atoms with van der Waals surface area (Å²) in [4.78, 5) is 1.97. The van der Waals surface area contributed by atoms with Crippen LogP contribution in [-0.4, -0.2) is 45.4 Å². The van der Waals surface area contributed by atoms with Crippen molar-refractivity contribution in [3.05, 3.63) is 82.5 Å². The second kappa shape index (κ2) is 12.6. The highest BCUT2D eigenvalue weighted by molar-refractivity contribution is 6.30. The Morgan fingerprint density at radius 1 is 1.05 bits per heavy atom. The highest BCUT2D eigenvalue weighted by Crippen LogP contribution is 2.42. The zero-order valence-electron chi connectivity index (χ0n) is 22.2. The predicted octanol–water partition coefficient (Wildman–Crippen LogP) is 6.75. The number of methoxy groups -OCH3 is 2. The highest BCUT2D eigenvalue weighted by Gasteiger charge is 2.33. The molecule has 0 radical (unpaired) electrons. The van der Waals surface area contributed by atoms with Gasteiger partial charge < -0.3 is 34.3 Å². The van der Waals surface area contributed by atoms with Crippen LogP contribution in [0, 0.1) is 0 Å².